The molecule has 0 amide bonds. The van der Waals surface area contributed by atoms with Gasteiger partial charge >= 0.3 is 297 Å². The molecule has 0 N–H and O–H groups in total. The summed E-state index contributed by atoms with van der Waals surface area (Å²) in [6, 6.07) is 46.8. The van der Waals surface area contributed by atoms with Gasteiger partial charge in [-0.15, -0.1) is 0 Å². The van der Waals surface area contributed by atoms with Crippen LogP contribution in [0.25, 0.3) is 0 Å². The predicted octanol–water partition coefficient (Wildman–Crippen LogP) is 10.1. The fourth-order valence-corrected chi connectivity index (χ4v) is 24.8. The Balaban J connectivity index is 1.43. The molecule has 2 aliphatic heterocycles. The van der Waals surface area contributed by atoms with Gasteiger partial charge in [0.2, 0.25) is 0 Å². The van der Waals surface area contributed by atoms with Gasteiger partial charge in [-0.25, -0.2) is 0 Å². The second kappa shape index (κ2) is 12.5. The summed E-state index contributed by atoms with van der Waals surface area (Å²) in [5.41, 5.74) is 5.53. The monoisotopic (exact) mass is 800 g/mol. The third kappa shape index (κ3) is 5.10. The van der Waals surface area contributed by atoms with Gasteiger partial charge in [0.05, 0.1) is 0 Å². The summed E-state index contributed by atoms with van der Waals surface area (Å²) >= 11 is 10.3. The normalized spacial score (nSPS) is 30.1. The van der Waals surface area contributed by atoms with Gasteiger partial charge in [0.1, 0.15) is 0 Å². The zero-order valence-corrected chi connectivity index (χ0v) is 31.4. The predicted molar refractivity (Wildman–Crippen MR) is 198 cm³/mol. The third-order valence-electron chi connectivity index (χ3n) is 10.9. The second-order valence-corrected chi connectivity index (χ2v) is 30.9. The van der Waals surface area contributed by atoms with Gasteiger partial charge in [0.25, 0.3) is 0 Å². The molecule has 4 nitrogen and oxygen atoms in total. The molecule has 0 radical (unpaired) electrons. The van der Waals surface area contributed by atoms with Gasteiger partial charge in [-0.3, -0.25) is 0 Å². The van der Waals surface area contributed by atoms with E-state index in [0.717, 1.165) is 26.2 Å². The van der Waals surface area contributed by atoms with Crippen LogP contribution < -0.4 is 0 Å². The molecule has 4 aromatic rings. The number of rotatable bonds is 8. The molecule has 4 aliphatic rings. The van der Waals surface area contributed by atoms with Crippen molar-refractivity contribution in [3.63, 3.8) is 0 Å². The molecule has 7 heteroatoms. The first-order valence-electron chi connectivity index (χ1n) is 17.5. The molecule has 8 rings (SSSR count). The quantitative estimate of drug-likeness (QED) is 0.165. The second-order valence-electron chi connectivity index (χ2n) is 13.7. The van der Waals surface area contributed by atoms with E-state index in [0.29, 0.717) is 24.2 Å². The van der Waals surface area contributed by atoms with Crippen LogP contribution in [0.3, 0.4) is 0 Å². The summed E-state index contributed by atoms with van der Waals surface area (Å²) in [4.78, 5) is 0. The van der Waals surface area contributed by atoms with Crippen LogP contribution >= 0.6 is 28.5 Å². The van der Waals surface area contributed by atoms with Gasteiger partial charge < -0.3 is 0 Å². The Bertz CT molecular complexity index is 1420. The Morgan fingerprint density at radius 3 is 0.809 bits per heavy atom. The van der Waals surface area contributed by atoms with Crippen LogP contribution in [0.1, 0.15) is 73.6 Å². The van der Waals surface area contributed by atoms with Crippen molar-refractivity contribution in [2.24, 2.45) is 0 Å². The van der Waals surface area contributed by atoms with Crippen LogP contribution in [-0.2, 0) is 33.8 Å². The third-order valence-corrected chi connectivity index (χ3v) is 27.1. The number of benzene rings is 4. The summed E-state index contributed by atoms with van der Waals surface area (Å²) in [7, 11) is -4.19. The topological polar surface area (TPSA) is 13.0 Å². The van der Waals surface area contributed by atoms with Crippen molar-refractivity contribution in [3.8, 4) is 0 Å². The van der Waals surface area contributed by atoms with E-state index in [1.165, 1.54) is 73.6 Å². The van der Waals surface area contributed by atoms with E-state index < -0.39 is 7.64 Å². The van der Waals surface area contributed by atoms with Crippen molar-refractivity contribution < 1.29 is 7.64 Å². The van der Waals surface area contributed by atoms with E-state index in [9.17, 15) is 0 Å². The van der Waals surface area contributed by atoms with Crippen molar-refractivity contribution in [1.82, 2.24) is 15.9 Å². The van der Waals surface area contributed by atoms with E-state index in [1.807, 2.05) is 0 Å². The molecule has 2 aliphatic carbocycles. The van der Waals surface area contributed by atoms with Crippen molar-refractivity contribution in [2.45, 2.75) is 102 Å². The first kappa shape index (κ1) is 32.4. The maximum atomic E-state index is 5.14. The molecule has 252 valence electrons. The van der Waals surface area contributed by atoms with Gasteiger partial charge in [0.15, 0.2) is 0 Å². The van der Waals surface area contributed by atoms with Crippen LogP contribution in [-0.4, -0.2) is 40.1 Å². The van der Waals surface area contributed by atoms with Crippen LogP contribution in [0.2, 0.25) is 0 Å². The van der Waals surface area contributed by atoms with E-state index in [1.54, 1.807) is 0 Å². The first-order valence-corrected chi connectivity index (χ1v) is 24.1. The van der Waals surface area contributed by atoms with Crippen LogP contribution in [0.5, 0.6) is 0 Å². The number of hydrogen-bond acceptors (Lipinski definition) is 4. The summed E-state index contributed by atoms with van der Waals surface area (Å²) in [5.74, 6) is 0. The molecular formula is C40H48Br2N4Ni. The molecule has 0 unspecified atom stereocenters. The molecule has 4 aromatic carbocycles. The zero-order valence-electron chi connectivity index (χ0n) is 27.2. The first-order chi connectivity index (χ1) is 22.9. The van der Waals surface area contributed by atoms with Crippen molar-refractivity contribution >= 4 is 28.5 Å². The van der Waals surface area contributed by atoms with E-state index >= 15 is 0 Å². The molecule has 2 saturated heterocycles. The minimum atomic E-state index is -4.19. The van der Waals surface area contributed by atoms with Crippen LogP contribution in [0.15, 0.2) is 121 Å². The average molecular weight is 803 g/mol. The number of hydrogen-bond donors (Lipinski definition) is 0. The fraction of sp³-hybridized carbons (Fsp3) is 0.400. The number of nitrogens with zero attached hydrogens (tertiary/aromatic N) is 4. The Labute approximate surface area is 295 Å². The van der Waals surface area contributed by atoms with Crippen molar-refractivity contribution in [1.29, 1.82) is 0 Å². The Morgan fingerprint density at radius 1 is 0.383 bits per heavy atom. The summed E-state index contributed by atoms with van der Waals surface area (Å²) < 4.78 is 12.1. The van der Waals surface area contributed by atoms with Crippen LogP contribution in [0.4, 0.5) is 0 Å². The number of halogens is 2. The standard InChI is InChI=1S/2C20H24N2.2BrH.Ni/c2*1-3-9-17(10-4-1)15-21-19-13-7-8-14-20(19)22-16-18-11-5-2-6-12-18;;;/h2*1-6,9-12,19-20H,7-8,13-16H2;2*1H;/q2*-2;;;+6/p-2/t2*19-,20-;;;/m00.../s1. The van der Waals surface area contributed by atoms with Gasteiger partial charge in [-0.2, -0.15) is 0 Å². The van der Waals surface area contributed by atoms with Gasteiger partial charge in [-0.1, -0.05) is 0 Å². The molecule has 2 heterocycles. The number of fused-ring (bicyclic) bond motifs is 2. The average Bonchev–Trinajstić information content (AvgIpc) is 3.41. The SMILES string of the molecule is [Br][Ni]12([Br])([N](Cc3ccccc3)[C@H]3CCCC[C@@H]3[N]1Cc1ccccc1)[N](Cc1ccccc1)[C@H]1CCCC[C@@H]1[N]2Cc1ccccc1. The molecule has 0 aromatic heterocycles. The molecule has 2 saturated carbocycles. The zero-order chi connectivity index (χ0) is 32.0. The fourth-order valence-electron chi connectivity index (χ4n) is 8.80. The van der Waals surface area contributed by atoms with E-state index in [-0.39, 0.29) is 0 Å². The molecule has 0 bridgehead atoms. The van der Waals surface area contributed by atoms with Crippen LogP contribution in [0, 0.1) is 0 Å². The Kier molecular flexibility index (Phi) is 8.61. The van der Waals surface area contributed by atoms with E-state index in [4.69, 9.17) is 28.5 Å². The minimum absolute atomic E-state index is 0.424. The van der Waals surface area contributed by atoms with Gasteiger partial charge in [0, 0.05) is 0 Å². The molecule has 4 fully saturated rings. The Morgan fingerprint density at radius 2 is 0.596 bits per heavy atom. The maximum absolute atomic E-state index is 5.14. The molecule has 1 spiro atoms. The molecule has 47 heavy (non-hydrogen) atoms. The molecule has 4 atom stereocenters. The summed E-state index contributed by atoms with van der Waals surface area (Å²) in [5, 5.41) is 0. The molecular weight excluding hydrogens is 755 g/mol. The Hall–Kier alpha value is -1.83. The summed E-state index contributed by atoms with van der Waals surface area (Å²) in [6.07, 6.45) is 10.0. The van der Waals surface area contributed by atoms with Crippen molar-refractivity contribution in [3.05, 3.63) is 144 Å². The van der Waals surface area contributed by atoms with Crippen molar-refractivity contribution in [2.75, 3.05) is 0 Å². The van der Waals surface area contributed by atoms with Gasteiger partial charge in [-0.05, 0) is 0 Å². The van der Waals surface area contributed by atoms with E-state index in [2.05, 4.69) is 137 Å². The summed E-state index contributed by atoms with van der Waals surface area (Å²) in [6.45, 7) is 3.57.